The lowest BCUT2D eigenvalue weighted by molar-refractivity contribution is -0.124. The summed E-state index contributed by atoms with van der Waals surface area (Å²) in [6, 6.07) is 14.7. The second kappa shape index (κ2) is 5.73. The predicted molar refractivity (Wildman–Crippen MR) is 92.0 cm³/mol. The lowest BCUT2D eigenvalue weighted by atomic mass is 9.88. The molecule has 1 N–H and O–H groups in total. The molecular weight excluding hydrogens is 272 g/mol. The molecule has 1 saturated heterocycles. The first-order valence-corrected chi connectivity index (χ1v) is 8.03. The average molecular weight is 296 g/mol. The minimum atomic E-state index is -0.304. The second-order valence-corrected chi connectivity index (χ2v) is 6.86. The molecular formula is C19H24N2O. The number of rotatable bonds is 3. The van der Waals surface area contributed by atoms with Crippen molar-refractivity contribution in [2.24, 2.45) is 5.41 Å². The molecule has 1 fully saturated rings. The van der Waals surface area contributed by atoms with Crippen LogP contribution in [0.3, 0.4) is 0 Å². The molecule has 1 amide bonds. The van der Waals surface area contributed by atoms with Gasteiger partial charge in [-0.3, -0.25) is 9.69 Å². The molecule has 116 valence electrons. The maximum absolute atomic E-state index is 12.8. The van der Waals surface area contributed by atoms with Crippen LogP contribution < -0.4 is 5.32 Å². The molecule has 0 bridgehead atoms. The van der Waals surface area contributed by atoms with Gasteiger partial charge in [-0.15, -0.1) is 0 Å². The molecule has 3 rings (SSSR count). The molecule has 1 aliphatic rings. The number of carbonyl (C=O) groups is 1. The van der Waals surface area contributed by atoms with E-state index in [-0.39, 0.29) is 11.3 Å². The van der Waals surface area contributed by atoms with Crippen LogP contribution in [0.15, 0.2) is 42.5 Å². The van der Waals surface area contributed by atoms with Crippen LogP contribution in [0.5, 0.6) is 0 Å². The third-order valence-corrected chi connectivity index (χ3v) is 4.82. The quantitative estimate of drug-likeness (QED) is 0.931. The van der Waals surface area contributed by atoms with Crippen molar-refractivity contribution < 1.29 is 4.79 Å². The Balaban J connectivity index is 1.82. The zero-order chi connectivity index (χ0) is 15.7. The highest BCUT2D eigenvalue weighted by molar-refractivity contribution is 6.04. The number of nitrogens with one attached hydrogen (secondary N) is 1. The summed E-state index contributed by atoms with van der Waals surface area (Å²) in [5.41, 5.74) is 0.605. The van der Waals surface area contributed by atoms with Crippen molar-refractivity contribution in [2.45, 2.75) is 33.2 Å². The van der Waals surface area contributed by atoms with Crippen molar-refractivity contribution in [3.8, 4) is 0 Å². The van der Waals surface area contributed by atoms with E-state index in [1.165, 1.54) is 0 Å². The monoisotopic (exact) mass is 296 g/mol. The third kappa shape index (κ3) is 2.73. The molecule has 2 aromatic carbocycles. The van der Waals surface area contributed by atoms with Crippen LogP contribution in [0.2, 0.25) is 0 Å². The van der Waals surface area contributed by atoms with Crippen LogP contribution in [0.4, 0.5) is 5.69 Å². The molecule has 1 unspecified atom stereocenters. The number of fused-ring (bicyclic) bond motifs is 1. The number of benzene rings is 2. The molecule has 1 aliphatic heterocycles. The van der Waals surface area contributed by atoms with E-state index in [9.17, 15) is 4.79 Å². The fraction of sp³-hybridized carbons (Fsp3) is 0.421. The van der Waals surface area contributed by atoms with E-state index in [1.807, 2.05) is 24.3 Å². The standard InChI is InChI=1S/C19H24N2O/c1-14(2)21-12-11-19(3,13-21)18(22)20-17-10-6-8-15-7-4-5-9-16(15)17/h4-10,14H,11-13H2,1-3H3,(H,20,22). The summed E-state index contributed by atoms with van der Waals surface area (Å²) >= 11 is 0. The Morgan fingerprint density at radius 3 is 2.64 bits per heavy atom. The normalized spacial score (nSPS) is 22.4. The second-order valence-electron chi connectivity index (χ2n) is 6.86. The number of nitrogens with zero attached hydrogens (tertiary/aromatic N) is 1. The molecule has 0 aromatic heterocycles. The Morgan fingerprint density at radius 2 is 1.91 bits per heavy atom. The average Bonchev–Trinajstić information content (AvgIpc) is 2.92. The van der Waals surface area contributed by atoms with Crippen LogP contribution >= 0.6 is 0 Å². The van der Waals surface area contributed by atoms with Crippen molar-refractivity contribution in [3.05, 3.63) is 42.5 Å². The topological polar surface area (TPSA) is 32.3 Å². The van der Waals surface area contributed by atoms with Crippen molar-refractivity contribution >= 4 is 22.4 Å². The maximum Gasteiger partial charge on any atom is 0.231 e. The van der Waals surface area contributed by atoms with Gasteiger partial charge in [0.25, 0.3) is 0 Å². The first kappa shape index (κ1) is 15.0. The summed E-state index contributed by atoms with van der Waals surface area (Å²) in [6.07, 6.45) is 0.918. The first-order chi connectivity index (χ1) is 10.5. The number of carbonyl (C=O) groups excluding carboxylic acids is 1. The number of likely N-dealkylation sites (tertiary alicyclic amines) is 1. The lowest BCUT2D eigenvalue weighted by Crippen LogP contribution is -2.38. The fourth-order valence-electron chi connectivity index (χ4n) is 3.23. The minimum Gasteiger partial charge on any atom is -0.325 e. The minimum absolute atomic E-state index is 0.131. The van der Waals surface area contributed by atoms with Crippen molar-refractivity contribution in [1.29, 1.82) is 0 Å². The van der Waals surface area contributed by atoms with Gasteiger partial charge in [0, 0.05) is 23.7 Å². The summed E-state index contributed by atoms with van der Waals surface area (Å²) in [5.74, 6) is 0.131. The van der Waals surface area contributed by atoms with Gasteiger partial charge >= 0.3 is 0 Å². The Morgan fingerprint density at radius 1 is 1.18 bits per heavy atom. The summed E-state index contributed by atoms with van der Waals surface area (Å²) in [5, 5.41) is 5.41. The van der Waals surface area contributed by atoms with Gasteiger partial charge in [0.2, 0.25) is 5.91 Å². The van der Waals surface area contributed by atoms with Crippen molar-refractivity contribution in [1.82, 2.24) is 4.90 Å². The van der Waals surface area contributed by atoms with Gasteiger partial charge < -0.3 is 5.32 Å². The van der Waals surface area contributed by atoms with Gasteiger partial charge in [-0.1, -0.05) is 36.4 Å². The fourth-order valence-corrected chi connectivity index (χ4v) is 3.23. The van der Waals surface area contributed by atoms with Crippen LogP contribution in [-0.4, -0.2) is 29.9 Å². The molecule has 1 heterocycles. The van der Waals surface area contributed by atoms with Gasteiger partial charge in [0.15, 0.2) is 0 Å². The highest BCUT2D eigenvalue weighted by Crippen LogP contribution is 2.33. The molecule has 0 aliphatic carbocycles. The SMILES string of the molecule is CC(C)N1CCC(C)(C(=O)Nc2cccc3ccccc23)C1. The van der Waals surface area contributed by atoms with Crippen molar-refractivity contribution in [3.63, 3.8) is 0 Å². The Hall–Kier alpha value is -1.87. The van der Waals surface area contributed by atoms with E-state index in [0.717, 1.165) is 36.0 Å². The summed E-state index contributed by atoms with van der Waals surface area (Å²) in [6.45, 7) is 8.29. The van der Waals surface area contributed by atoms with E-state index in [2.05, 4.69) is 49.2 Å². The Bertz CT molecular complexity index is 689. The Labute approximate surface area is 132 Å². The number of hydrogen-bond acceptors (Lipinski definition) is 2. The maximum atomic E-state index is 12.8. The van der Waals surface area contributed by atoms with E-state index >= 15 is 0 Å². The largest absolute Gasteiger partial charge is 0.325 e. The van der Waals surface area contributed by atoms with E-state index in [4.69, 9.17) is 0 Å². The number of amides is 1. The van der Waals surface area contributed by atoms with Gasteiger partial charge in [-0.05, 0) is 45.2 Å². The zero-order valence-corrected chi connectivity index (χ0v) is 13.6. The summed E-state index contributed by atoms with van der Waals surface area (Å²) in [4.78, 5) is 15.2. The van der Waals surface area contributed by atoms with Crippen LogP contribution in [-0.2, 0) is 4.79 Å². The summed E-state index contributed by atoms with van der Waals surface area (Å²) in [7, 11) is 0. The van der Waals surface area contributed by atoms with Crippen LogP contribution in [0, 0.1) is 5.41 Å². The van der Waals surface area contributed by atoms with Gasteiger partial charge in [-0.2, -0.15) is 0 Å². The van der Waals surface area contributed by atoms with E-state index < -0.39 is 0 Å². The van der Waals surface area contributed by atoms with E-state index in [0.29, 0.717) is 6.04 Å². The molecule has 0 saturated carbocycles. The van der Waals surface area contributed by atoms with Gasteiger partial charge in [-0.25, -0.2) is 0 Å². The van der Waals surface area contributed by atoms with Crippen LogP contribution in [0.25, 0.3) is 10.8 Å². The Kier molecular flexibility index (Phi) is 3.92. The first-order valence-electron chi connectivity index (χ1n) is 8.03. The van der Waals surface area contributed by atoms with Crippen molar-refractivity contribution in [2.75, 3.05) is 18.4 Å². The number of anilines is 1. The van der Waals surface area contributed by atoms with Crippen LogP contribution in [0.1, 0.15) is 27.2 Å². The molecule has 22 heavy (non-hydrogen) atoms. The molecule has 1 atom stereocenters. The molecule has 3 heteroatoms. The molecule has 0 radical (unpaired) electrons. The smallest absolute Gasteiger partial charge is 0.231 e. The number of hydrogen-bond donors (Lipinski definition) is 1. The predicted octanol–water partition coefficient (Wildman–Crippen LogP) is 3.90. The van der Waals surface area contributed by atoms with E-state index in [1.54, 1.807) is 0 Å². The molecule has 2 aromatic rings. The van der Waals surface area contributed by atoms with Gasteiger partial charge in [0.1, 0.15) is 0 Å². The lowest BCUT2D eigenvalue weighted by Gasteiger charge is -2.26. The molecule has 0 spiro atoms. The zero-order valence-electron chi connectivity index (χ0n) is 13.6. The molecule has 3 nitrogen and oxygen atoms in total. The summed E-state index contributed by atoms with van der Waals surface area (Å²) < 4.78 is 0. The highest BCUT2D eigenvalue weighted by atomic mass is 16.2. The van der Waals surface area contributed by atoms with Gasteiger partial charge in [0.05, 0.1) is 5.41 Å². The highest BCUT2D eigenvalue weighted by Gasteiger charge is 2.41. The third-order valence-electron chi connectivity index (χ3n) is 4.82.